The van der Waals surface area contributed by atoms with Crippen molar-refractivity contribution in [3.05, 3.63) is 0 Å². The van der Waals surface area contributed by atoms with Gasteiger partial charge < -0.3 is 14.6 Å². The molecule has 0 aromatic heterocycles. The molecule has 26 heavy (non-hydrogen) atoms. The molecule has 5 rings (SSSR count). The number of aliphatic hydroxyl groups is 1. The first-order valence-corrected chi connectivity index (χ1v) is 11.1. The predicted octanol–water partition coefficient (Wildman–Crippen LogP) is 4.91. The average molecular weight is 363 g/mol. The van der Waals surface area contributed by atoms with Crippen LogP contribution in [-0.4, -0.2) is 29.2 Å². The van der Waals surface area contributed by atoms with Crippen LogP contribution in [0.2, 0.25) is 0 Å². The van der Waals surface area contributed by atoms with Gasteiger partial charge in [0.2, 0.25) is 0 Å². The molecule has 148 valence electrons. The van der Waals surface area contributed by atoms with E-state index in [2.05, 4.69) is 34.6 Å². The highest BCUT2D eigenvalue weighted by atomic mass is 16.7. The second-order valence-corrected chi connectivity index (χ2v) is 11.7. The van der Waals surface area contributed by atoms with Crippen molar-refractivity contribution in [3.8, 4) is 0 Å². The van der Waals surface area contributed by atoms with E-state index in [1.807, 2.05) is 0 Å². The molecule has 1 N–H and O–H groups in total. The van der Waals surface area contributed by atoms with Crippen LogP contribution in [0.4, 0.5) is 0 Å². The van der Waals surface area contributed by atoms with Crippen LogP contribution in [0, 0.1) is 34.0 Å². The zero-order valence-corrected chi connectivity index (χ0v) is 17.4. The van der Waals surface area contributed by atoms with Crippen LogP contribution >= 0.6 is 0 Å². The number of ether oxygens (including phenoxy) is 2. The number of hydrogen-bond donors (Lipinski definition) is 1. The second kappa shape index (κ2) is 5.07. The SMILES string of the molecule is CC1(C)OC[C@]2(C)C(CC[C@@]3(C)C2CCC2CC4CC23CC[C@@]4(C)O)O1. The van der Waals surface area contributed by atoms with Gasteiger partial charge in [-0.3, -0.25) is 0 Å². The Hall–Kier alpha value is -0.120. The Morgan fingerprint density at radius 3 is 2.42 bits per heavy atom. The smallest absolute Gasteiger partial charge is 0.163 e. The first kappa shape index (κ1) is 17.9. The van der Waals surface area contributed by atoms with Gasteiger partial charge >= 0.3 is 0 Å². The zero-order valence-electron chi connectivity index (χ0n) is 17.4. The highest BCUT2D eigenvalue weighted by Gasteiger charge is 2.70. The Balaban J connectivity index is 1.52. The highest BCUT2D eigenvalue weighted by Crippen LogP contribution is 2.75. The monoisotopic (exact) mass is 362 g/mol. The highest BCUT2D eigenvalue weighted by molar-refractivity contribution is 5.19. The van der Waals surface area contributed by atoms with Crippen molar-refractivity contribution in [2.45, 2.75) is 103 Å². The van der Waals surface area contributed by atoms with Gasteiger partial charge in [-0.05, 0) is 101 Å². The molecule has 4 saturated carbocycles. The Labute approximate surface area is 159 Å². The maximum absolute atomic E-state index is 10.9. The molecule has 0 aromatic carbocycles. The molecule has 5 aliphatic rings. The maximum atomic E-state index is 10.9. The Bertz CT molecular complexity index is 613. The standard InChI is InChI=1S/C23H38O3/c1-19(2)25-14-20(3)17-7-6-15-12-16-13-23(15,11-10-22(16,5)24)21(17,4)9-8-18(20)26-19/h15-18,24H,6-14H2,1-5H3/t15?,16?,17?,18?,20-,21-,22+,23?/m0/s1. The third kappa shape index (κ3) is 2.06. The predicted molar refractivity (Wildman–Crippen MR) is 102 cm³/mol. The first-order valence-electron chi connectivity index (χ1n) is 11.1. The lowest BCUT2D eigenvalue weighted by Crippen LogP contribution is -2.66. The summed E-state index contributed by atoms with van der Waals surface area (Å²) >= 11 is 0. The summed E-state index contributed by atoms with van der Waals surface area (Å²) in [6.45, 7) is 12.2. The summed E-state index contributed by atoms with van der Waals surface area (Å²) in [7, 11) is 0. The van der Waals surface area contributed by atoms with Gasteiger partial charge in [-0.15, -0.1) is 0 Å². The fourth-order valence-corrected chi connectivity index (χ4v) is 8.69. The zero-order chi connectivity index (χ0) is 18.6. The Morgan fingerprint density at radius 2 is 1.65 bits per heavy atom. The lowest BCUT2D eigenvalue weighted by molar-refractivity contribution is -0.352. The molecule has 5 fully saturated rings. The molecule has 4 aliphatic carbocycles. The van der Waals surface area contributed by atoms with E-state index in [1.54, 1.807) is 0 Å². The Morgan fingerprint density at radius 1 is 0.885 bits per heavy atom. The number of fused-ring (bicyclic) bond motifs is 4. The molecule has 1 saturated heterocycles. The van der Waals surface area contributed by atoms with Gasteiger partial charge in [-0.1, -0.05) is 13.8 Å². The van der Waals surface area contributed by atoms with E-state index in [0.29, 0.717) is 28.8 Å². The van der Waals surface area contributed by atoms with Crippen molar-refractivity contribution >= 4 is 0 Å². The summed E-state index contributed by atoms with van der Waals surface area (Å²) < 4.78 is 12.7. The van der Waals surface area contributed by atoms with Crippen molar-refractivity contribution in [1.29, 1.82) is 0 Å². The van der Waals surface area contributed by atoms with Gasteiger partial charge in [-0.25, -0.2) is 0 Å². The minimum absolute atomic E-state index is 0.139. The summed E-state index contributed by atoms with van der Waals surface area (Å²) in [5.74, 6) is 1.59. The normalized spacial score (nSPS) is 60.7. The minimum Gasteiger partial charge on any atom is -0.390 e. The molecule has 3 heteroatoms. The fraction of sp³-hybridized carbons (Fsp3) is 1.00. The third-order valence-electron chi connectivity index (χ3n) is 10.2. The first-order chi connectivity index (χ1) is 12.0. The van der Waals surface area contributed by atoms with E-state index in [1.165, 1.54) is 44.9 Å². The van der Waals surface area contributed by atoms with Crippen molar-refractivity contribution in [2.24, 2.45) is 34.0 Å². The molecule has 0 radical (unpaired) electrons. The number of hydrogen-bond acceptors (Lipinski definition) is 3. The largest absolute Gasteiger partial charge is 0.390 e. The summed E-state index contributed by atoms with van der Waals surface area (Å²) in [5, 5.41) is 10.9. The van der Waals surface area contributed by atoms with E-state index in [-0.39, 0.29) is 5.41 Å². The van der Waals surface area contributed by atoms with Crippen molar-refractivity contribution < 1.29 is 14.6 Å². The third-order valence-corrected chi connectivity index (χ3v) is 10.2. The van der Waals surface area contributed by atoms with Crippen LogP contribution in [0.5, 0.6) is 0 Å². The van der Waals surface area contributed by atoms with Crippen LogP contribution in [0.15, 0.2) is 0 Å². The molecule has 3 nitrogen and oxygen atoms in total. The van der Waals surface area contributed by atoms with Gasteiger partial charge in [0.25, 0.3) is 0 Å². The molecule has 8 atom stereocenters. The van der Waals surface area contributed by atoms with Gasteiger partial charge in [0.15, 0.2) is 5.79 Å². The molecule has 1 aliphatic heterocycles. The van der Waals surface area contributed by atoms with Crippen LogP contribution in [0.1, 0.15) is 86.0 Å². The molecule has 1 heterocycles. The average Bonchev–Trinajstić information content (AvgIpc) is 2.91. The second-order valence-electron chi connectivity index (χ2n) is 11.7. The number of rotatable bonds is 0. The van der Waals surface area contributed by atoms with Crippen molar-refractivity contribution in [2.75, 3.05) is 6.61 Å². The molecule has 0 aromatic rings. The van der Waals surface area contributed by atoms with Gasteiger partial charge in [0.05, 0.1) is 18.3 Å². The van der Waals surface area contributed by atoms with Gasteiger partial charge in [-0.2, -0.15) is 0 Å². The van der Waals surface area contributed by atoms with Gasteiger partial charge in [0.1, 0.15) is 0 Å². The Kier molecular flexibility index (Phi) is 3.50. The fourth-order valence-electron chi connectivity index (χ4n) is 8.69. The van der Waals surface area contributed by atoms with Crippen molar-refractivity contribution in [1.82, 2.24) is 0 Å². The topological polar surface area (TPSA) is 38.7 Å². The summed E-state index contributed by atoms with van der Waals surface area (Å²) in [6, 6.07) is 0. The van der Waals surface area contributed by atoms with E-state index in [0.717, 1.165) is 18.9 Å². The summed E-state index contributed by atoms with van der Waals surface area (Å²) in [6.07, 6.45) is 10.2. The van der Waals surface area contributed by atoms with Crippen LogP contribution in [-0.2, 0) is 9.47 Å². The van der Waals surface area contributed by atoms with E-state index >= 15 is 0 Å². The van der Waals surface area contributed by atoms with Crippen LogP contribution in [0.25, 0.3) is 0 Å². The van der Waals surface area contributed by atoms with Crippen LogP contribution in [0.3, 0.4) is 0 Å². The van der Waals surface area contributed by atoms with Crippen LogP contribution < -0.4 is 0 Å². The van der Waals surface area contributed by atoms with Crippen molar-refractivity contribution in [3.63, 3.8) is 0 Å². The molecule has 0 amide bonds. The maximum Gasteiger partial charge on any atom is 0.163 e. The summed E-state index contributed by atoms with van der Waals surface area (Å²) in [5.41, 5.74) is 0.529. The molecule has 1 spiro atoms. The molecular formula is C23H38O3. The lowest BCUT2D eigenvalue weighted by Gasteiger charge is -2.68. The van der Waals surface area contributed by atoms with Gasteiger partial charge in [0, 0.05) is 5.41 Å². The van der Waals surface area contributed by atoms with E-state index in [4.69, 9.17) is 9.47 Å². The van der Waals surface area contributed by atoms with E-state index in [9.17, 15) is 5.11 Å². The molecule has 2 bridgehead atoms. The quantitative estimate of drug-likeness (QED) is 0.665. The van der Waals surface area contributed by atoms with E-state index < -0.39 is 11.4 Å². The molecule has 5 unspecified atom stereocenters. The minimum atomic E-state index is -0.435. The molecular weight excluding hydrogens is 324 g/mol. The lowest BCUT2D eigenvalue weighted by atomic mass is 9.39. The summed E-state index contributed by atoms with van der Waals surface area (Å²) in [4.78, 5) is 0.